The van der Waals surface area contributed by atoms with Gasteiger partial charge in [-0.2, -0.15) is 0 Å². The molecule has 0 heterocycles. The third kappa shape index (κ3) is 4.19. The van der Waals surface area contributed by atoms with Crippen LogP contribution in [-0.4, -0.2) is 19.2 Å². The molecule has 0 bridgehead atoms. The van der Waals surface area contributed by atoms with Crippen molar-refractivity contribution in [3.8, 4) is 0 Å². The maximum Gasteiger partial charge on any atom is 0.310 e. The van der Waals surface area contributed by atoms with E-state index in [1.54, 1.807) is 0 Å². The van der Waals surface area contributed by atoms with Crippen LogP contribution in [0.3, 0.4) is 0 Å². The molecule has 15 heavy (non-hydrogen) atoms. The van der Waals surface area contributed by atoms with Crippen molar-refractivity contribution in [2.75, 3.05) is 13.2 Å². The molecular formula is C12H18O3. The van der Waals surface area contributed by atoms with E-state index < -0.39 is 0 Å². The number of hydrogen-bond acceptors (Lipinski definition) is 3. The largest absolute Gasteiger partial charge is 0.498 e. The highest BCUT2D eigenvalue weighted by Crippen LogP contribution is 2.20. The van der Waals surface area contributed by atoms with Gasteiger partial charge in [-0.1, -0.05) is 6.08 Å². The van der Waals surface area contributed by atoms with Gasteiger partial charge in [0, 0.05) is 6.42 Å². The fourth-order valence-corrected chi connectivity index (χ4v) is 1.54. The van der Waals surface area contributed by atoms with Crippen molar-refractivity contribution in [2.24, 2.45) is 0 Å². The van der Waals surface area contributed by atoms with E-state index in [-0.39, 0.29) is 5.97 Å². The first-order valence-electron chi connectivity index (χ1n) is 5.44. The Bertz CT molecular complexity index is 277. The molecule has 0 spiro atoms. The van der Waals surface area contributed by atoms with Crippen LogP contribution < -0.4 is 0 Å². The van der Waals surface area contributed by atoms with Crippen LogP contribution in [0, 0.1) is 0 Å². The maximum absolute atomic E-state index is 11.2. The van der Waals surface area contributed by atoms with Crippen molar-refractivity contribution in [3.05, 3.63) is 23.5 Å². The molecule has 0 aromatic heterocycles. The molecule has 0 fully saturated rings. The molecule has 3 heteroatoms. The van der Waals surface area contributed by atoms with Crippen LogP contribution in [0.2, 0.25) is 0 Å². The monoisotopic (exact) mass is 210 g/mol. The van der Waals surface area contributed by atoms with E-state index in [2.05, 4.69) is 6.08 Å². The van der Waals surface area contributed by atoms with Gasteiger partial charge in [-0.25, -0.2) is 0 Å². The lowest BCUT2D eigenvalue weighted by molar-refractivity contribution is -0.142. The Kier molecular flexibility index (Phi) is 4.95. The highest BCUT2D eigenvalue weighted by atomic mass is 16.5. The van der Waals surface area contributed by atoms with Crippen molar-refractivity contribution in [1.82, 2.24) is 0 Å². The van der Waals surface area contributed by atoms with Crippen LogP contribution >= 0.6 is 0 Å². The van der Waals surface area contributed by atoms with Gasteiger partial charge in [0.05, 0.1) is 25.4 Å². The molecule has 0 amide bonds. The van der Waals surface area contributed by atoms with Gasteiger partial charge in [0.2, 0.25) is 0 Å². The summed E-state index contributed by atoms with van der Waals surface area (Å²) in [5, 5.41) is 0. The molecule has 0 unspecified atom stereocenters. The van der Waals surface area contributed by atoms with Crippen molar-refractivity contribution in [3.63, 3.8) is 0 Å². The van der Waals surface area contributed by atoms with Crippen molar-refractivity contribution in [2.45, 2.75) is 33.1 Å². The zero-order valence-electron chi connectivity index (χ0n) is 9.41. The zero-order valence-corrected chi connectivity index (χ0v) is 9.41. The number of allylic oxidation sites excluding steroid dienone is 3. The SMILES string of the molecule is CCOC(=O)CC1=CCCC(OCC)=C1. The van der Waals surface area contributed by atoms with Gasteiger partial charge in [0.25, 0.3) is 0 Å². The Morgan fingerprint density at radius 2 is 2.20 bits per heavy atom. The molecular weight excluding hydrogens is 192 g/mol. The van der Waals surface area contributed by atoms with Gasteiger partial charge in [0.15, 0.2) is 0 Å². The molecule has 0 saturated carbocycles. The molecule has 0 aromatic carbocycles. The molecule has 84 valence electrons. The van der Waals surface area contributed by atoms with E-state index in [1.807, 2.05) is 19.9 Å². The van der Waals surface area contributed by atoms with Crippen LogP contribution in [0.1, 0.15) is 33.1 Å². The summed E-state index contributed by atoms with van der Waals surface area (Å²) in [5.74, 6) is 0.803. The van der Waals surface area contributed by atoms with E-state index in [0.29, 0.717) is 19.6 Å². The topological polar surface area (TPSA) is 35.5 Å². The second-order valence-electron chi connectivity index (χ2n) is 3.34. The summed E-state index contributed by atoms with van der Waals surface area (Å²) >= 11 is 0. The first kappa shape index (κ1) is 11.8. The van der Waals surface area contributed by atoms with Gasteiger partial charge in [-0.05, 0) is 31.9 Å². The number of carbonyl (C=O) groups is 1. The average Bonchev–Trinajstić information content (AvgIpc) is 2.19. The molecule has 1 aliphatic rings. The van der Waals surface area contributed by atoms with Crippen LogP contribution in [-0.2, 0) is 14.3 Å². The summed E-state index contributed by atoms with van der Waals surface area (Å²) in [6, 6.07) is 0. The molecule has 1 rings (SSSR count). The summed E-state index contributed by atoms with van der Waals surface area (Å²) in [6.45, 7) is 4.89. The second kappa shape index (κ2) is 6.27. The Hall–Kier alpha value is -1.25. The number of carbonyl (C=O) groups excluding carboxylic acids is 1. The molecule has 0 aliphatic heterocycles. The number of ether oxygens (including phenoxy) is 2. The van der Waals surface area contributed by atoms with Crippen molar-refractivity contribution in [1.29, 1.82) is 0 Å². The number of rotatable bonds is 5. The first-order chi connectivity index (χ1) is 7.26. The summed E-state index contributed by atoms with van der Waals surface area (Å²) in [4.78, 5) is 11.2. The highest BCUT2D eigenvalue weighted by Gasteiger charge is 2.10. The molecule has 1 aliphatic carbocycles. The lowest BCUT2D eigenvalue weighted by atomic mass is 10.0. The lowest BCUT2D eigenvalue weighted by Gasteiger charge is -2.13. The molecule has 3 nitrogen and oxygen atoms in total. The summed E-state index contributed by atoms with van der Waals surface area (Å²) < 4.78 is 10.3. The smallest absolute Gasteiger partial charge is 0.310 e. The Balaban J connectivity index is 2.48. The standard InChI is InChI=1S/C12H18O3/c1-3-14-11-7-5-6-10(8-11)9-12(13)15-4-2/h6,8H,3-5,7,9H2,1-2H3. The summed E-state index contributed by atoms with van der Waals surface area (Å²) in [7, 11) is 0. The van der Waals surface area contributed by atoms with Crippen LogP contribution in [0.5, 0.6) is 0 Å². The van der Waals surface area contributed by atoms with Gasteiger partial charge >= 0.3 is 5.97 Å². The third-order valence-electron chi connectivity index (χ3n) is 2.13. The van der Waals surface area contributed by atoms with Crippen LogP contribution in [0.15, 0.2) is 23.5 Å². The Morgan fingerprint density at radius 1 is 1.40 bits per heavy atom. The van der Waals surface area contributed by atoms with E-state index in [1.165, 1.54) is 0 Å². The molecule has 0 radical (unpaired) electrons. The predicted molar refractivity (Wildman–Crippen MR) is 58.3 cm³/mol. The fourth-order valence-electron chi connectivity index (χ4n) is 1.54. The number of esters is 1. The van der Waals surface area contributed by atoms with E-state index in [0.717, 1.165) is 24.2 Å². The normalized spacial score (nSPS) is 15.3. The highest BCUT2D eigenvalue weighted by molar-refractivity contribution is 5.73. The fraction of sp³-hybridized carbons (Fsp3) is 0.583. The molecule has 0 atom stereocenters. The first-order valence-corrected chi connectivity index (χ1v) is 5.44. The summed E-state index contributed by atoms with van der Waals surface area (Å²) in [6.07, 6.45) is 6.24. The number of hydrogen-bond donors (Lipinski definition) is 0. The molecule has 0 N–H and O–H groups in total. The van der Waals surface area contributed by atoms with E-state index in [4.69, 9.17) is 9.47 Å². The maximum atomic E-state index is 11.2. The summed E-state index contributed by atoms with van der Waals surface area (Å²) in [5.41, 5.74) is 1.00. The average molecular weight is 210 g/mol. The third-order valence-corrected chi connectivity index (χ3v) is 2.13. The van der Waals surface area contributed by atoms with Gasteiger partial charge in [-0.15, -0.1) is 0 Å². The van der Waals surface area contributed by atoms with Crippen molar-refractivity contribution >= 4 is 5.97 Å². The molecule has 0 aromatic rings. The Morgan fingerprint density at radius 3 is 2.87 bits per heavy atom. The van der Waals surface area contributed by atoms with Gasteiger partial charge in [-0.3, -0.25) is 4.79 Å². The Labute approximate surface area is 90.8 Å². The quantitative estimate of drug-likeness (QED) is 0.654. The van der Waals surface area contributed by atoms with Gasteiger partial charge < -0.3 is 9.47 Å². The second-order valence-corrected chi connectivity index (χ2v) is 3.34. The minimum Gasteiger partial charge on any atom is -0.498 e. The minimum absolute atomic E-state index is 0.169. The van der Waals surface area contributed by atoms with E-state index in [9.17, 15) is 4.79 Å². The zero-order chi connectivity index (χ0) is 11.1. The predicted octanol–water partition coefficient (Wildman–Crippen LogP) is 2.58. The lowest BCUT2D eigenvalue weighted by Crippen LogP contribution is -2.06. The van der Waals surface area contributed by atoms with Crippen LogP contribution in [0.25, 0.3) is 0 Å². The van der Waals surface area contributed by atoms with Crippen molar-refractivity contribution < 1.29 is 14.3 Å². The molecule has 0 saturated heterocycles. The van der Waals surface area contributed by atoms with Crippen LogP contribution in [0.4, 0.5) is 0 Å². The van der Waals surface area contributed by atoms with E-state index >= 15 is 0 Å². The minimum atomic E-state index is -0.169. The van der Waals surface area contributed by atoms with Gasteiger partial charge in [0.1, 0.15) is 0 Å².